The van der Waals surface area contributed by atoms with Crippen molar-refractivity contribution in [2.75, 3.05) is 20.3 Å². The Hall–Kier alpha value is -1.15. The van der Waals surface area contributed by atoms with Crippen molar-refractivity contribution < 1.29 is 17.9 Å². The minimum atomic E-state index is -3.68. The van der Waals surface area contributed by atoms with Gasteiger partial charge in [-0.1, -0.05) is 6.07 Å². The van der Waals surface area contributed by atoms with Crippen LogP contribution in [0.1, 0.15) is 25.3 Å². The van der Waals surface area contributed by atoms with E-state index in [4.69, 9.17) is 15.2 Å². The Labute approximate surface area is 125 Å². The molecule has 0 saturated carbocycles. The largest absolute Gasteiger partial charge is 0.495 e. The van der Waals surface area contributed by atoms with Crippen molar-refractivity contribution >= 4 is 10.0 Å². The average Bonchev–Trinajstić information content (AvgIpc) is 2.46. The van der Waals surface area contributed by atoms with Crippen molar-refractivity contribution in [3.63, 3.8) is 0 Å². The number of ether oxygens (including phenoxy) is 2. The van der Waals surface area contributed by atoms with Crippen LogP contribution >= 0.6 is 0 Å². The summed E-state index contributed by atoms with van der Waals surface area (Å²) in [6.45, 7) is 3.22. The number of hydrogen-bond donors (Lipinski definition) is 2. The molecule has 2 rings (SSSR count). The number of nitrogens with two attached hydrogens (primary N) is 1. The van der Waals surface area contributed by atoms with E-state index in [0.717, 1.165) is 18.4 Å². The van der Waals surface area contributed by atoms with Gasteiger partial charge in [-0.05, 0) is 37.5 Å². The molecule has 0 amide bonds. The van der Waals surface area contributed by atoms with Gasteiger partial charge >= 0.3 is 0 Å². The molecule has 1 heterocycles. The summed E-state index contributed by atoms with van der Waals surface area (Å²) in [6, 6.07) is 4.86. The molecule has 7 heteroatoms. The highest BCUT2D eigenvalue weighted by molar-refractivity contribution is 7.89. The highest BCUT2D eigenvalue weighted by Crippen LogP contribution is 2.28. The van der Waals surface area contributed by atoms with E-state index >= 15 is 0 Å². The minimum Gasteiger partial charge on any atom is -0.495 e. The van der Waals surface area contributed by atoms with Crippen LogP contribution in [0.4, 0.5) is 0 Å². The molecular weight excluding hydrogens is 292 g/mol. The van der Waals surface area contributed by atoms with Gasteiger partial charge in [-0.3, -0.25) is 0 Å². The van der Waals surface area contributed by atoms with Gasteiger partial charge in [-0.15, -0.1) is 0 Å². The van der Waals surface area contributed by atoms with Crippen LogP contribution in [0.15, 0.2) is 23.1 Å². The number of nitrogens with one attached hydrogen (secondary N) is 1. The van der Waals surface area contributed by atoms with Gasteiger partial charge in [0.1, 0.15) is 10.6 Å². The van der Waals surface area contributed by atoms with Gasteiger partial charge < -0.3 is 15.2 Å². The van der Waals surface area contributed by atoms with E-state index in [0.29, 0.717) is 25.5 Å². The summed E-state index contributed by atoms with van der Waals surface area (Å²) in [5.74, 6) is 0.297. The van der Waals surface area contributed by atoms with Crippen molar-refractivity contribution in [3.05, 3.63) is 23.8 Å². The van der Waals surface area contributed by atoms with Gasteiger partial charge in [0.2, 0.25) is 10.0 Å². The molecule has 1 saturated heterocycles. The highest BCUT2D eigenvalue weighted by Gasteiger charge is 2.34. The third-order valence-corrected chi connectivity index (χ3v) is 5.25. The number of sulfonamides is 1. The fourth-order valence-electron chi connectivity index (χ4n) is 2.45. The Morgan fingerprint density at radius 1 is 1.48 bits per heavy atom. The van der Waals surface area contributed by atoms with Crippen molar-refractivity contribution in [1.82, 2.24) is 4.72 Å². The maximum Gasteiger partial charge on any atom is 0.244 e. The molecule has 1 aromatic rings. The summed E-state index contributed by atoms with van der Waals surface area (Å²) in [5, 5.41) is 0. The van der Waals surface area contributed by atoms with Crippen molar-refractivity contribution in [1.29, 1.82) is 0 Å². The summed E-state index contributed by atoms with van der Waals surface area (Å²) < 4.78 is 38.5. The molecule has 21 heavy (non-hydrogen) atoms. The zero-order valence-corrected chi connectivity index (χ0v) is 13.2. The van der Waals surface area contributed by atoms with E-state index in [2.05, 4.69) is 4.72 Å². The molecule has 1 aliphatic heterocycles. The van der Waals surface area contributed by atoms with E-state index in [1.807, 2.05) is 6.92 Å². The third kappa shape index (κ3) is 3.74. The molecule has 1 unspecified atom stereocenters. The normalized spacial score (nSPS) is 23.0. The average molecular weight is 314 g/mol. The molecule has 0 spiro atoms. The monoisotopic (exact) mass is 314 g/mol. The lowest BCUT2D eigenvalue weighted by atomic mass is 9.97. The zero-order valence-electron chi connectivity index (χ0n) is 12.4. The van der Waals surface area contributed by atoms with E-state index in [9.17, 15) is 8.42 Å². The van der Waals surface area contributed by atoms with E-state index in [1.165, 1.54) is 13.2 Å². The molecule has 1 aliphatic rings. The van der Waals surface area contributed by atoms with E-state index in [-0.39, 0.29) is 4.90 Å². The fourth-order valence-corrected chi connectivity index (χ4v) is 4.03. The topological polar surface area (TPSA) is 90.7 Å². The van der Waals surface area contributed by atoms with Crippen LogP contribution in [0, 0.1) is 0 Å². The van der Waals surface area contributed by atoms with Gasteiger partial charge in [-0.25, -0.2) is 13.1 Å². The van der Waals surface area contributed by atoms with Crippen molar-refractivity contribution in [3.8, 4) is 5.75 Å². The van der Waals surface area contributed by atoms with Crippen LogP contribution in [0.3, 0.4) is 0 Å². The molecule has 118 valence electrons. The number of benzene rings is 1. The Kier molecular flexibility index (Phi) is 4.88. The van der Waals surface area contributed by atoms with Crippen LogP contribution in [0.5, 0.6) is 5.75 Å². The Morgan fingerprint density at radius 3 is 2.81 bits per heavy atom. The molecule has 6 nitrogen and oxygen atoms in total. The standard InChI is InChI=1S/C14H22N2O4S/c1-14(6-3-7-20-10-14)16-21(17,18)13-5-4-11(9-15)8-12(13)19-2/h4-5,8,16H,3,6-7,9-10,15H2,1-2H3. The first kappa shape index (κ1) is 16.2. The zero-order chi connectivity index (χ0) is 15.5. The second-order valence-electron chi connectivity index (χ2n) is 5.51. The first-order valence-corrected chi connectivity index (χ1v) is 8.37. The maximum absolute atomic E-state index is 12.6. The summed E-state index contributed by atoms with van der Waals surface area (Å²) in [4.78, 5) is 0.119. The minimum absolute atomic E-state index is 0.119. The quantitative estimate of drug-likeness (QED) is 0.846. The second kappa shape index (κ2) is 6.31. The van der Waals surface area contributed by atoms with Crippen LogP contribution in [-0.2, 0) is 21.3 Å². The number of methoxy groups -OCH3 is 1. The van der Waals surface area contributed by atoms with Gasteiger partial charge in [0, 0.05) is 13.2 Å². The van der Waals surface area contributed by atoms with Crippen LogP contribution in [0.25, 0.3) is 0 Å². The molecule has 1 fully saturated rings. The molecule has 3 N–H and O–H groups in total. The summed E-state index contributed by atoms with van der Waals surface area (Å²) in [6.07, 6.45) is 1.58. The van der Waals surface area contributed by atoms with E-state index in [1.54, 1.807) is 12.1 Å². The lowest BCUT2D eigenvalue weighted by Gasteiger charge is -2.34. The molecular formula is C14H22N2O4S. The van der Waals surface area contributed by atoms with Gasteiger partial charge in [0.05, 0.1) is 19.3 Å². The first-order valence-electron chi connectivity index (χ1n) is 6.89. The summed E-state index contributed by atoms with van der Waals surface area (Å²) >= 11 is 0. The summed E-state index contributed by atoms with van der Waals surface area (Å²) in [7, 11) is -2.24. The lowest BCUT2D eigenvalue weighted by Crippen LogP contribution is -2.51. The second-order valence-corrected chi connectivity index (χ2v) is 7.16. The van der Waals surface area contributed by atoms with Gasteiger partial charge in [0.25, 0.3) is 0 Å². The van der Waals surface area contributed by atoms with Crippen molar-refractivity contribution in [2.24, 2.45) is 5.73 Å². The smallest absolute Gasteiger partial charge is 0.244 e. The molecule has 1 aromatic carbocycles. The molecule has 0 radical (unpaired) electrons. The molecule has 1 atom stereocenters. The van der Waals surface area contributed by atoms with E-state index < -0.39 is 15.6 Å². The number of rotatable bonds is 5. The Balaban J connectivity index is 2.30. The molecule has 0 aromatic heterocycles. The predicted octanol–water partition coefficient (Wildman–Crippen LogP) is 1.00. The Morgan fingerprint density at radius 2 is 2.24 bits per heavy atom. The number of hydrogen-bond acceptors (Lipinski definition) is 5. The molecule has 0 bridgehead atoms. The maximum atomic E-state index is 12.6. The lowest BCUT2D eigenvalue weighted by molar-refractivity contribution is 0.0386. The van der Waals surface area contributed by atoms with Gasteiger partial charge in [0.15, 0.2) is 0 Å². The Bertz CT molecular complexity index is 595. The van der Waals surface area contributed by atoms with Crippen molar-refractivity contribution in [2.45, 2.75) is 36.7 Å². The van der Waals surface area contributed by atoms with Crippen LogP contribution < -0.4 is 15.2 Å². The van der Waals surface area contributed by atoms with Gasteiger partial charge in [-0.2, -0.15) is 0 Å². The first-order chi connectivity index (χ1) is 9.90. The highest BCUT2D eigenvalue weighted by atomic mass is 32.2. The van der Waals surface area contributed by atoms with Crippen LogP contribution in [-0.4, -0.2) is 34.3 Å². The SMILES string of the molecule is COc1cc(CN)ccc1S(=O)(=O)NC1(C)CCCOC1. The fraction of sp³-hybridized carbons (Fsp3) is 0.571. The van der Waals surface area contributed by atoms with Crippen LogP contribution in [0.2, 0.25) is 0 Å². The third-order valence-electron chi connectivity index (χ3n) is 3.57. The predicted molar refractivity (Wildman–Crippen MR) is 79.7 cm³/mol. The summed E-state index contributed by atoms with van der Waals surface area (Å²) in [5.41, 5.74) is 5.79. The molecule has 0 aliphatic carbocycles.